The zero-order chi connectivity index (χ0) is 17.1. The van der Waals surface area contributed by atoms with E-state index in [0.29, 0.717) is 16.8 Å². The smallest absolute Gasteiger partial charge is 0.257 e. The third kappa shape index (κ3) is 3.60. The number of ether oxygens (including phenoxy) is 1. The van der Waals surface area contributed by atoms with Crippen LogP contribution in [0.2, 0.25) is 5.02 Å². The lowest BCUT2D eigenvalue weighted by Crippen LogP contribution is -2.07. The maximum atomic E-state index is 6.19. The molecule has 0 aliphatic carbocycles. The molecule has 1 atom stereocenters. The van der Waals surface area contributed by atoms with Crippen LogP contribution in [-0.2, 0) is 0 Å². The highest BCUT2D eigenvalue weighted by molar-refractivity contribution is 6.33. The van der Waals surface area contributed by atoms with Crippen LogP contribution in [0.15, 0.2) is 46.9 Å². The molecule has 0 bridgehead atoms. The van der Waals surface area contributed by atoms with E-state index in [1.54, 1.807) is 6.07 Å². The molecule has 0 aliphatic rings. The minimum absolute atomic E-state index is 0.296. The molecular weight excluding hydrogens is 324 g/mol. The summed E-state index contributed by atoms with van der Waals surface area (Å²) in [6.07, 6.45) is 0.423. The number of aryl methyl sites for hydroxylation is 2. The van der Waals surface area contributed by atoms with Gasteiger partial charge in [-0.15, -0.1) is 10.2 Å². The summed E-state index contributed by atoms with van der Waals surface area (Å²) >= 11 is 6.19. The SMILES string of the molecule is CCC(Oc1cc(C)cc(C)c1)c1nnc(-c2ccccc2Cl)o1. The van der Waals surface area contributed by atoms with Gasteiger partial charge in [-0.25, -0.2) is 0 Å². The van der Waals surface area contributed by atoms with E-state index < -0.39 is 0 Å². The van der Waals surface area contributed by atoms with Gasteiger partial charge in [-0.05, 0) is 55.7 Å². The lowest BCUT2D eigenvalue weighted by Gasteiger charge is -2.15. The lowest BCUT2D eigenvalue weighted by molar-refractivity contribution is 0.166. The van der Waals surface area contributed by atoms with Gasteiger partial charge in [0, 0.05) is 0 Å². The van der Waals surface area contributed by atoms with Crippen molar-refractivity contribution >= 4 is 11.6 Å². The van der Waals surface area contributed by atoms with Crippen LogP contribution in [0.3, 0.4) is 0 Å². The van der Waals surface area contributed by atoms with Crippen LogP contribution in [0.4, 0.5) is 0 Å². The summed E-state index contributed by atoms with van der Waals surface area (Å²) in [6, 6.07) is 13.5. The summed E-state index contributed by atoms with van der Waals surface area (Å²) in [4.78, 5) is 0. The Morgan fingerprint density at radius 1 is 1.08 bits per heavy atom. The Balaban J connectivity index is 1.85. The monoisotopic (exact) mass is 342 g/mol. The van der Waals surface area contributed by atoms with Crippen molar-refractivity contribution in [3.63, 3.8) is 0 Å². The van der Waals surface area contributed by atoms with Crippen LogP contribution in [0, 0.1) is 13.8 Å². The van der Waals surface area contributed by atoms with Gasteiger partial charge in [0.25, 0.3) is 5.89 Å². The summed E-state index contributed by atoms with van der Waals surface area (Å²) in [5.41, 5.74) is 3.03. The topological polar surface area (TPSA) is 48.2 Å². The zero-order valence-corrected chi connectivity index (χ0v) is 14.7. The van der Waals surface area contributed by atoms with E-state index in [1.165, 1.54) is 0 Å². The van der Waals surface area contributed by atoms with E-state index in [-0.39, 0.29) is 6.10 Å². The summed E-state index contributed by atoms with van der Waals surface area (Å²) < 4.78 is 11.9. The average Bonchev–Trinajstić information content (AvgIpc) is 3.01. The van der Waals surface area contributed by atoms with Crippen molar-refractivity contribution in [1.29, 1.82) is 0 Å². The minimum atomic E-state index is -0.296. The van der Waals surface area contributed by atoms with E-state index in [4.69, 9.17) is 20.8 Å². The normalized spacial score (nSPS) is 12.2. The molecule has 1 aromatic heterocycles. The maximum Gasteiger partial charge on any atom is 0.257 e. The fraction of sp³-hybridized carbons (Fsp3) is 0.263. The highest BCUT2D eigenvalue weighted by Gasteiger charge is 2.20. The fourth-order valence-electron chi connectivity index (χ4n) is 2.58. The predicted molar refractivity (Wildman–Crippen MR) is 94.3 cm³/mol. The first-order chi connectivity index (χ1) is 11.6. The molecule has 0 N–H and O–H groups in total. The molecule has 4 nitrogen and oxygen atoms in total. The first-order valence-corrected chi connectivity index (χ1v) is 8.28. The number of nitrogens with zero attached hydrogens (tertiary/aromatic N) is 2. The summed E-state index contributed by atoms with van der Waals surface area (Å²) in [5, 5.41) is 8.84. The summed E-state index contributed by atoms with van der Waals surface area (Å²) in [7, 11) is 0. The Hall–Kier alpha value is -2.33. The molecule has 0 radical (unpaired) electrons. The highest BCUT2D eigenvalue weighted by atomic mass is 35.5. The van der Waals surface area contributed by atoms with Gasteiger partial charge < -0.3 is 9.15 Å². The maximum absolute atomic E-state index is 6.19. The number of halogens is 1. The molecule has 0 saturated heterocycles. The van der Waals surface area contributed by atoms with Crippen molar-refractivity contribution in [3.05, 3.63) is 64.5 Å². The Morgan fingerprint density at radius 2 is 1.79 bits per heavy atom. The lowest BCUT2D eigenvalue weighted by atomic mass is 10.1. The molecule has 124 valence electrons. The van der Waals surface area contributed by atoms with Crippen molar-refractivity contribution in [2.45, 2.75) is 33.3 Å². The van der Waals surface area contributed by atoms with Gasteiger partial charge in [-0.1, -0.05) is 36.7 Å². The highest BCUT2D eigenvalue weighted by Crippen LogP contribution is 2.30. The molecule has 2 aromatic carbocycles. The van der Waals surface area contributed by atoms with Crippen molar-refractivity contribution in [1.82, 2.24) is 10.2 Å². The number of hydrogen-bond acceptors (Lipinski definition) is 4. The van der Waals surface area contributed by atoms with Crippen LogP contribution < -0.4 is 4.74 Å². The Bertz CT molecular complexity index is 825. The molecular formula is C19H19ClN2O2. The molecule has 0 spiro atoms. The Kier molecular flexibility index (Phi) is 4.86. The second kappa shape index (κ2) is 7.05. The average molecular weight is 343 g/mol. The van der Waals surface area contributed by atoms with Crippen LogP contribution in [0.25, 0.3) is 11.5 Å². The minimum Gasteiger partial charge on any atom is -0.481 e. The third-order valence-electron chi connectivity index (χ3n) is 3.66. The number of benzene rings is 2. The second-order valence-electron chi connectivity index (χ2n) is 5.76. The van der Waals surface area contributed by atoms with E-state index in [9.17, 15) is 0 Å². The van der Waals surface area contributed by atoms with E-state index in [1.807, 2.05) is 51.1 Å². The van der Waals surface area contributed by atoms with Crippen molar-refractivity contribution < 1.29 is 9.15 Å². The molecule has 0 fully saturated rings. The van der Waals surface area contributed by atoms with Crippen molar-refractivity contribution in [3.8, 4) is 17.2 Å². The fourth-order valence-corrected chi connectivity index (χ4v) is 2.80. The molecule has 3 aromatic rings. The molecule has 1 heterocycles. The van der Waals surface area contributed by atoms with Crippen molar-refractivity contribution in [2.24, 2.45) is 0 Å². The van der Waals surface area contributed by atoms with Crippen LogP contribution >= 0.6 is 11.6 Å². The van der Waals surface area contributed by atoms with Gasteiger partial charge in [-0.3, -0.25) is 0 Å². The van der Waals surface area contributed by atoms with Gasteiger partial charge in [0.05, 0.1) is 10.6 Å². The number of aromatic nitrogens is 2. The van der Waals surface area contributed by atoms with Gasteiger partial charge >= 0.3 is 0 Å². The van der Waals surface area contributed by atoms with Crippen LogP contribution in [0.5, 0.6) is 5.75 Å². The first kappa shape index (κ1) is 16.5. The number of hydrogen-bond donors (Lipinski definition) is 0. The van der Waals surface area contributed by atoms with E-state index in [0.717, 1.165) is 28.9 Å². The quantitative estimate of drug-likeness (QED) is 0.611. The van der Waals surface area contributed by atoms with Gasteiger partial charge in [0.1, 0.15) is 5.75 Å². The Morgan fingerprint density at radius 3 is 2.46 bits per heavy atom. The summed E-state index contributed by atoms with van der Waals surface area (Å²) in [5.74, 6) is 1.65. The molecule has 1 unspecified atom stereocenters. The first-order valence-electron chi connectivity index (χ1n) is 7.90. The largest absolute Gasteiger partial charge is 0.481 e. The van der Waals surface area contributed by atoms with E-state index in [2.05, 4.69) is 16.3 Å². The second-order valence-corrected chi connectivity index (χ2v) is 6.17. The Labute approximate surface area is 146 Å². The summed E-state index contributed by atoms with van der Waals surface area (Å²) in [6.45, 7) is 6.11. The molecule has 24 heavy (non-hydrogen) atoms. The van der Waals surface area contributed by atoms with Gasteiger partial charge in [0.15, 0.2) is 6.10 Å². The third-order valence-corrected chi connectivity index (χ3v) is 3.99. The molecule has 0 aliphatic heterocycles. The molecule has 0 saturated carbocycles. The molecule has 5 heteroatoms. The van der Waals surface area contributed by atoms with Crippen LogP contribution in [-0.4, -0.2) is 10.2 Å². The molecule has 3 rings (SSSR count). The number of rotatable bonds is 5. The predicted octanol–water partition coefficient (Wildman–Crippen LogP) is 5.54. The van der Waals surface area contributed by atoms with Gasteiger partial charge in [0.2, 0.25) is 5.89 Å². The molecule has 0 amide bonds. The van der Waals surface area contributed by atoms with Gasteiger partial charge in [-0.2, -0.15) is 0 Å². The standard InChI is InChI=1S/C19H19ClN2O2/c1-4-17(23-14-10-12(2)9-13(3)11-14)19-22-21-18(24-19)15-7-5-6-8-16(15)20/h5-11,17H,4H2,1-3H3. The zero-order valence-electron chi connectivity index (χ0n) is 13.9. The van der Waals surface area contributed by atoms with Crippen molar-refractivity contribution in [2.75, 3.05) is 0 Å². The van der Waals surface area contributed by atoms with Crippen LogP contribution in [0.1, 0.15) is 36.5 Å². The van der Waals surface area contributed by atoms with E-state index >= 15 is 0 Å².